The molecular formula is C24H44O4Si. The fourth-order valence-electron chi connectivity index (χ4n) is 2.88. The maximum atomic E-state index is 12.0. The van der Waals surface area contributed by atoms with Crippen LogP contribution in [0.4, 0.5) is 0 Å². The molecule has 2 atom stereocenters. The molecule has 0 aliphatic rings. The van der Waals surface area contributed by atoms with Gasteiger partial charge < -0.3 is 14.3 Å². The van der Waals surface area contributed by atoms with Crippen LogP contribution in [0.3, 0.4) is 0 Å². The Morgan fingerprint density at radius 2 is 1.59 bits per heavy atom. The highest BCUT2D eigenvalue weighted by molar-refractivity contribution is 6.48. The molecular weight excluding hydrogens is 380 g/mol. The number of hydrogen-bond acceptors (Lipinski definition) is 4. The van der Waals surface area contributed by atoms with Crippen LogP contribution in [0.1, 0.15) is 78.1 Å². The first-order valence-corrected chi connectivity index (χ1v) is 14.0. The third-order valence-corrected chi connectivity index (χ3v) is 5.75. The van der Waals surface area contributed by atoms with Crippen molar-refractivity contribution in [1.29, 1.82) is 0 Å². The highest BCUT2D eigenvalue weighted by atomic mass is 28.3. The number of allylic oxidation sites excluding steroid dienone is 6. The topological polar surface area (TPSA) is 55.8 Å². The summed E-state index contributed by atoms with van der Waals surface area (Å²) in [4.78, 5) is 21.5. The second-order valence-corrected chi connectivity index (χ2v) is 9.66. The van der Waals surface area contributed by atoms with Gasteiger partial charge in [-0.1, -0.05) is 62.6 Å². The van der Waals surface area contributed by atoms with Crippen LogP contribution in [0.2, 0.25) is 12.6 Å². The maximum Gasteiger partial charge on any atom is 0.335 e. The molecule has 0 saturated heterocycles. The van der Waals surface area contributed by atoms with Crippen molar-refractivity contribution in [2.75, 3.05) is 13.2 Å². The molecule has 0 bridgehead atoms. The van der Waals surface area contributed by atoms with E-state index in [4.69, 9.17) is 9.47 Å². The summed E-state index contributed by atoms with van der Waals surface area (Å²) in [6.45, 7) is 6.78. The summed E-state index contributed by atoms with van der Waals surface area (Å²) in [6, 6.07) is 0.828. The smallest absolute Gasteiger partial charge is 0.335 e. The monoisotopic (exact) mass is 424 g/mol. The molecule has 0 rings (SSSR count). The lowest BCUT2D eigenvalue weighted by molar-refractivity contribution is -0.157. The third-order valence-electron chi connectivity index (χ3n) is 4.50. The highest BCUT2D eigenvalue weighted by Gasteiger charge is 2.19. The van der Waals surface area contributed by atoms with E-state index in [2.05, 4.69) is 43.4 Å². The van der Waals surface area contributed by atoms with Crippen LogP contribution < -0.4 is 0 Å². The van der Waals surface area contributed by atoms with Gasteiger partial charge in [-0.2, -0.15) is 0 Å². The maximum absolute atomic E-state index is 12.0. The zero-order chi connectivity index (χ0) is 21.6. The minimum atomic E-state index is -1.53. The van der Waals surface area contributed by atoms with Crippen molar-refractivity contribution in [3.8, 4) is 0 Å². The number of esters is 1. The Labute approximate surface area is 180 Å². The highest BCUT2D eigenvalue weighted by Crippen LogP contribution is 2.12. The standard InChI is InChI=1S/C24H44O4Si/c1-4-6-7-8-9-10-11-12-13-14-15-16-17-18-20-23(24(25)27-5-2)28-21-19-22-29(3)26/h6-7,9-10,12-13,23,26,29H,4-5,8,11,14-22H2,1-3H3. The van der Waals surface area contributed by atoms with Gasteiger partial charge in [-0.3, -0.25) is 0 Å². The van der Waals surface area contributed by atoms with Crippen LogP contribution in [0.15, 0.2) is 36.5 Å². The largest absolute Gasteiger partial charge is 0.464 e. The molecule has 0 spiro atoms. The van der Waals surface area contributed by atoms with E-state index in [0.717, 1.165) is 57.4 Å². The molecule has 2 unspecified atom stereocenters. The molecule has 0 radical (unpaired) electrons. The lowest BCUT2D eigenvalue weighted by Crippen LogP contribution is -2.27. The van der Waals surface area contributed by atoms with Crippen LogP contribution in [0, 0.1) is 0 Å². The van der Waals surface area contributed by atoms with Gasteiger partial charge in [-0.05, 0) is 64.5 Å². The summed E-state index contributed by atoms with van der Waals surface area (Å²) in [6.07, 6.45) is 23.1. The van der Waals surface area contributed by atoms with Gasteiger partial charge in [0.2, 0.25) is 0 Å². The Bertz CT molecular complexity index is 458. The molecule has 0 aromatic rings. The molecule has 0 aromatic carbocycles. The Balaban J connectivity index is 3.80. The molecule has 4 nitrogen and oxygen atoms in total. The van der Waals surface area contributed by atoms with Gasteiger partial charge in [0.1, 0.15) is 0 Å². The van der Waals surface area contributed by atoms with E-state index in [1.54, 1.807) is 0 Å². The van der Waals surface area contributed by atoms with Crippen molar-refractivity contribution in [3.05, 3.63) is 36.5 Å². The van der Waals surface area contributed by atoms with Gasteiger partial charge in [-0.15, -0.1) is 0 Å². The Morgan fingerprint density at radius 1 is 0.931 bits per heavy atom. The quantitative estimate of drug-likeness (QED) is 0.122. The van der Waals surface area contributed by atoms with E-state index in [1.807, 2.05) is 13.5 Å². The molecule has 0 aliphatic heterocycles. The lowest BCUT2D eigenvalue weighted by atomic mass is 10.1. The molecule has 1 N–H and O–H groups in total. The molecule has 168 valence electrons. The van der Waals surface area contributed by atoms with Gasteiger partial charge in [-0.25, -0.2) is 4.79 Å². The van der Waals surface area contributed by atoms with Gasteiger partial charge in [0, 0.05) is 6.61 Å². The second kappa shape index (κ2) is 21.5. The van der Waals surface area contributed by atoms with Crippen LogP contribution in [-0.2, 0) is 14.3 Å². The van der Waals surface area contributed by atoms with E-state index in [1.165, 1.54) is 12.8 Å². The molecule has 0 aromatic heterocycles. The zero-order valence-electron chi connectivity index (χ0n) is 19.0. The summed E-state index contributed by atoms with van der Waals surface area (Å²) in [5, 5.41) is 0. The molecule has 5 heteroatoms. The van der Waals surface area contributed by atoms with Crippen molar-refractivity contribution in [1.82, 2.24) is 0 Å². The summed E-state index contributed by atoms with van der Waals surface area (Å²) >= 11 is 0. The van der Waals surface area contributed by atoms with Crippen LogP contribution in [0.25, 0.3) is 0 Å². The van der Waals surface area contributed by atoms with Gasteiger partial charge >= 0.3 is 5.97 Å². The molecule has 0 saturated carbocycles. The molecule has 29 heavy (non-hydrogen) atoms. The number of carbonyl (C=O) groups excluding carboxylic acids is 1. The minimum absolute atomic E-state index is 0.247. The zero-order valence-corrected chi connectivity index (χ0v) is 20.1. The minimum Gasteiger partial charge on any atom is -0.464 e. The average molecular weight is 425 g/mol. The van der Waals surface area contributed by atoms with Crippen molar-refractivity contribution in [2.45, 2.75) is 96.8 Å². The fourth-order valence-corrected chi connectivity index (χ4v) is 3.64. The van der Waals surface area contributed by atoms with Crippen molar-refractivity contribution < 1.29 is 19.1 Å². The van der Waals surface area contributed by atoms with Crippen molar-refractivity contribution in [3.63, 3.8) is 0 Å². The van der Waals surface area contributed by atoms with E-state index >= 15 is 0 Å². The SMILES string of the molecule is CCC=CCC=CCC=CCCCCCCC(OCCC[SiH](C)O)C(=O)OCC. The van der Waals surface area contributed by atoms with Crippen molar-refractivity contribution >= 4 is 15.0 Å². The predicted octanol–water partition coefficient (Wildman–Crippen LogP) is 5.87. The first-order valence-electron chi connectivity index (χ1n) is 11.5. The van der Waals surface area contributed by atoms with E-state index in [-0.39, 0.29) is 5.97 Å². The number of carbonyl (C=O) groups is 1. The van der Waals surface area contributed by atoms with Gasteiger partial charge in [0.05, 0.1) is 6.61 Å². The van der Waals surface area contributed by atoms with E-state index in [9.17, 15) is 9.59 Å². The lowest BCUT2D eigenvalue weighted by Gasteiger charge is -2.16. The first kappa shape index (κ1) is 27.8. The Hall–Kier alpha value is -1.17. The fraction of sp³-hybridized carbons (Fsp3) is 0.708. The van der Waals surface area contributed by atoms with Gasteiger partial charge in [0.15, 0.2) is 15.1 Å². The number of ether oxygens (including phenoxy) is 2. The third kappa shape index (κ3) is 19.9. The predicted molar refractivity (Wildman–Crippen MR) is 126 cm³/mol. The summed E-state index contributed by atoms with van der Waals surface area (Å²) in [5.74, 6) is -0.247. The Kier molecular flexibility index (Phi) is 20.7. The molecule has 0 aliphatic carbocycles. The molecule has 0 fully saturated rings. The van der Waals surface area contributed by atoms with Gasteiger partial charge in [0.25, 0.3) is 0 Å². The Morgan fingerprint density at radius 3 is 2.24 bits per heavy atom. The summed E-state index contributed by atoms with van der Waals surface area (Å²) < 4.78 is 10.9. The molecule has 0 amide bonds. The summed E-state index contributed by atoms with van der Waals surface area (Å²) in [7, 11) is -1.53. The number of hydrogen-bond donors (Lipinski definition) is 1. The second-order valence-electron chi connectivity index (χ2n) is 7.39. The van der Waals surface area contributed by atoms with Crippen LogP contribution in [-0.4, -0.2) is 39.1 Å². The normalized spacial score (nSPS) is 14.2. The van der Waals surface area contributed by atoms with Crippen LogP contribution in [0.5, 0.6) is 0 Å². The molecule has 0 heterocycles. The van der Waals surface area contributed by atoms with E-state index in [0.29, 0.717) is 13.2 Å². The van der Waals surface area contributed by atoms with Crippen LogP contribution >= 0.6 is 0 Å². The van der Waals surface area contributed by atoms with E-state index < -0.39 is 15.1 Å². The van der Waals surface area contributed by atoms with Crippen molar-refractivity contribution in [2.24, 2.45) is 0 Å². The summed E-state index contributed by atoms with van der Waals surface area (Å²) in [5.41, 5.74) is 0. The number of unbranched alkanes of at least 4 members (excludes halogenated alkanes) is 4. The first-order chi connectivity index (χ1) is 14.1. The average Bonchev–Trinajstić information content (AvgIpc) is 2.69. The number of rotatable bonds is 19.